The lowest BCUT2D eigenvalue weighted by atomic mass is 10.1. The highest BCUT2D eigenvalue weighted by atomic mass is 19.4. The Morgan fingerprint density at radius 3 is 2.50 bits per heavy atom. The van der Waals surface area contributed by atoms with Crippen LogP contribution in [0.15, 0.2) is 18.2 Å². The first-order valence-corrected chi connectivity index (χ1v) is 5.59. The van der Waals surface area contributed by atoms with Crippen molar-refractivity contribution in [1.29, 1.82) is 0 Å². The minimum Gasteiger partial charge on any atom is -0.435 e. The van der Waals surface area contributed by atoms with Crippen molar-refractivity contribution in [3.05, 3.63) is 23.8 Å². The van der Waals surface area contributed by atoms with Crippen LogP contribution in [0.25, 0.3) is 0 Å². The summed E-state index contributed by atoms with van der Waals surface area (Å²) in [4.78, 5) is 13.3. The van der Waals surface area contributed by atoms with Crippen LogP contribution < -0.4 is 10.6 Å². The molecule has 1 aromatic carbocycles. The van der Waals surface area contributed by atoms with Gasteiger partial charge in [0, 0.05) is 14.1 Å². The molecule has 20 heavy (non-hydrogen) atoms. The van der Waals surface area contributed by atoms with Gasteiger partial charge in [-0.2, -0.15) is 13.2 Å². The number of nitrogens with two attached hydrogens (primary N) is 1. The Hall–Kier alpha value is -1.96. The highest BCUT2D eigenvalue weighted by Crippen LogP contribution is 2.22. The number of hydrogen-bond acceptors (Lipinski definition) is 5. The summed E-state index contributed by atoms with van der Waals surface area (Å²) in [7, 11) is 3.57. The molecule has 0 unspecified atom stereocenters. The lowest BCUT2D eigenvalue weighted by Crippen LogP contribution is -2.19. The van der Waals surface area contributed by atoms with Crippen molar-refractivity contribution in [3.8, 4) is 0 Å². The average Bonchev–Trinajstić information content (AvgIpc) is 2.32. The molecule has 0 atom stereocenters. The molecule has 0 fully saturated rings. The molecule has 1 rings (SSSR count). The maximum absolute atomic E-state index is 11.8. The normalized spacial score (nSPS) is 11.2. The number of ether oxygens (including phenoxy) is 2. The zero-order valence-corrected chi connectivity index (χ0v) is 11.0. The smallest absolute Gasteiger partial charge is 0.411 e. The standard InChI is InChI=1S/C12H15F3N2O3/c1-17(2)10-4-3-8(5-9(10)16)11(18)20-7-19-6-12(13,14)15/h3-5H,6-7,16H2,1-2H3. The van der Waals surface area contributed by atoms with Gasteiger partial charge in [-0.05, 0) is 18.2 Å². The maximum atomic E-state index is 11.8. The van der Waals surface area contributed by atoms with Gasteiger partial charge in [0.15, 0.2) is 6.79 Å². The predicted molar refractivity (Wildman–Crippen MR) is 67.5 cm³/mol. The van der Waals surface area contributed by atoms with Gasteiger partial charge >= 0.3 is 12.1 Å². The second-order valence-electron chi connectivity index (χ2n) is 4.18. The topological polar surface area (TPSA) is 64.8 Å². The molecule has 0 spiro atoms. The monoisotopic (exact) mass is 292 g/mol. The average molecular weight is 292 g/mol. The summed E-state index contributed by atoms with van der Waals surface area (Å²) >= 11 is 0. The van der Waals surface area contributed by atoms with Crippen molar-refractivity contribution in [3.63, 3.8) is 0 Å². The van der Waals surface area contributed by atoms with Crippen molar-refractivity contribution in [2.45, 2.75) is 6.18 Å². The van der Waals surface area contributed by atoms with Gasteiger partial charge in [0.25, 0.3) is 0 Å². The Morgan fingerprint density at radius 1 is 1.35 bits per heavy atom. The van der Waals surface area contributed by atoms with E-state index in [2.05, 4.69) is 9.47 Å². The first-order valence-electron chi connectivity index (χ1n) is 5.59. The Labute approximate surface area is 114 Å². The predicted octanol–water partition coefficient (Wildman–Crippen LogP) is 2.03. The van der Waals surface area contributed by atoms with Crippen LogP contribution in [0.4, 0.5) is 24.5 Å². The molecule has 0 heterocycles. The summed E-state index contributed by atoms with van der Waals surface area (Å²) < 4.78 is 44.1. The molecule has 0 aliphatic rings. The fourth-order valence-electron chi connectivity index (χ4n) is 1.42. The van der Waals surface area contributed by atoms with Crippen LogP contribution in [0.1, 0.15) is 10.4 Å². The van der Waals surface area contributed by atoms with Crippen LogP contribution >= 0.6 is 0 Å². The quantitative estimate of drug-likeness (QED) is 0.389. The molecule has 1 aromatic rings. The number of anilines is 2. The van der Waals surface area contributed by atoms with E-state index >= 15 is 0 Å². The van der Waals surface area contributed by atoms with E-state index in [4.69, 9.17) is 5.73 Å². The van der Waals surface area contributed by atoms with Gasteiger partial charge in [-0.25, -0.2) is 4.79 Å². The molecule has 0 bridgehead atoms. The van der Waals surface area contributed by atoms with Gasteiger partial charge in [0.05, 0.1) is 16.9 Å². The molecule has 0 saturated heterocycles. The molecule has 8 heteroatoms. The molecule has 0 amide bonds. The fraction of sp³-hybridized carbons (Fsp3) is 0.417. The highest BCUT2D eigenvalue weighted by Gasteiger charge is 2.27. The summed E-state index contributed by atoms with van der Waals surface area (Å²) in [6.07, 6.45) is -4.45. The number of nitrogens with zero attached hydrogens (tertiary/aromatic N) is 1. The number of nitrogen functional groups attached to an aromatic ring is 1. The molecule has 112 valence electrons. The van der Waals surface area contributed by atoms with E-state index in [9.17, 15) is 18.0 Å². The van der Waals surface area contributed by atoms with Crippen LogP contribution in [0.2, 0.25) is 0 Å². The first kappa shape index (κ1) is 16.1. The number of carbonyl (C=O) groups excluding carboxylic acids is 1. The summed E-state index contributed by atoms with van der Waals surface area (Å²) in [5.74, 6) is -0.802. The largest absolute Gasteiger partial charge is 0.435 e. The highest BCUT2D eigenvalue weighted by molar-refractivity contribution is 5.91. The molecule has 5 nitrogen and oxygen atoms in total. The van der Waals surface area contributed by atoms with Crippen LogP contribution in [0.5, 0.6) is 0 Å². The molecule has 0 radical (unpaired) electrons. The third kappa shape index (κ3) is 4.96. The van der Waals surface area contributed by atoms with Crippen molar-refractivity contribution in [1.82, 2.24) is 0 Å². The number of alkyl halides is 3. The van der Waals surface area contributed by atoms with E-state index in [1.54, 1.807) is 25.1 Å². The molecule has 0 saturated carbocycles. The first-order chi connectivity index (χ1) is 9.20. The van der Waals surface area contributed by atoms with Gasteiger partial charge in [-0.15, -0.1) is 0 Å². The number of carbonyl (C=O) groups is 1. The molecule has 0 aromatic heterocycles. The van der Waals surface area contributed by atoms with Crippen LogP contribution in [-0.4, -0.2) is 39.6 Å². The van der Waals surface area contributed by atoms with Gasteiger partial charge in [-0.1, -0.05) is 0 Å². The second-order valence-corrected chi connectivity index (χ2v) is 4.18. The molecular formula is C12H15F3N2O3. The number of hydrogen-bond donors (Lipinski definition) is 1. The summed E-state index contributed by atoms with van der Waals surface area (Å²) in [5, 5.41) is 0. The summed E-state index contributed by atoms with van der Waals surface area (Å²) in [6.45, 7) is -2.24. The summed E-state index contributed by atoms with van der Waals surface area (Å²) in [5.41, 5.74) is 6.96. The SMILES string of the molecule is CN(C)c1ccc(C(=O)OCOCC(F)(F)F)cc1N. The Balaban J connectivity index is 2.54. The number of rotatable bonds is 5. The fourth-order valence-corrected chi connectivity index (χ4v) is 1.42. The lowest BCUT2D eigenvalue weighted by molar-refractivity contribution is -0.190. The second kappa shape index (κ2) is 6.47. The Morgan fingerprint density at radius 2 is 2.00 bits per heavy atom. The number of benzene rings is 1. The van der Waals surface area contributed by atoms with Crippen molar-refractivity contribution in [2.24, 2.45) is 0 Å². The van der Waals surface area contributed by atoms with E-state index in [1.807, 2.05) is 0 Å². The van der Waals surface area contributed by atoms with E-state index < -0.39 is 25.5 Å². The Bertz CT molecular complexity index is 476. The van der Waals surface area contributed by atoms with Gasteiger partial charge in [0.1, 0.15) is 6.61 Å². The minimum absolute atomic E-state index is 0.142. The van der Waals surface area contributed by atoms with Crippen molar-refractivity contribution < 1.29 is 27.4 Å². The zero-order valence-electron chi connectivity index (χ0n) is 11.0. The summed E-state index contributed by atoms with van der Waals surface area (Å²) in [6, 6.07) is 4.47. The van der Waals surface area contributed by atoms with Crippen LogP contribution in [0, 0.1) is 0 Å². The van der Waals surface area contributed by atoms with E-state index in [-0.39, 0.29) is 5.56 Å². The third-order valence-electron chi connectivity index (χ3n) is 2.28. The molecule has 2 N–H and O–H groups in total. The number of halogens is 3. The molecule has 0 aliphatic heterocycles. The van der Waals surface area contributed by atoms with Crippen LogP contribution in [-0.2, 0) is 9.47 Å². The Kier molecular flexibility index (Phi) is 5.20. The van der Waals surface area contributed by atoms with E-state index in [1.165, 1.54) is 12.1 Å². The maximum Gasteiger partial charge on any atom is 0.411 e. The van der Waals surface area contributed by atoms with E-state index in [0.717, 1.165) is 5.69 Å². The van der Waals surface area contributed by atoms with Crippen molar-refractivity contribution in [2.75, 3.05) is 38.1 Å². The zero-order chi connectivity index (χ0) is 15.3. The van der Waals surface area contributed by atoms with Gasteiger partial charge < -0.3 is 20.1 Å². The van der Waals surface area contributed by atoms with Crippen LogP contribution in [0.3, 0.4) is 0 Å². The molecular weight excluding hydrogens is 277 g/mol. The van der Waals surface area contributed by atoms with Gasteiger partial charge in [0.2, 0.25) is 0 Å². The lowest BCUT2D eigenvalue weighted by Gasteiger charge is -2.15. The molecule has 0 aliphatic carbocycles. The van der Waals surface area contributed by atoms with E-state index in [0.29, 0.717) is 5.69 Å². The third-order valence-corrected chi connectivity index (χ3v) is 2.28. The minimum atomic E-state index is -4.45. The van der Waals surface area contributed by atoms with Crippen molar-refractivity contribution >= 4 is 17.3 Å². The van der Waals surface area contributed by atoms with Gasteiger partial charge in [-0.3, -0.25) is 0 Å². The number of esters is 1.